The van der Waals surface area contributed by atoms with E-state index in [9.17, 15) is 0 Å². The van der Waals surface area contributed by atoms with Crippen molar-refractivity contribution in [3.63, 3.8) is 0 Å². The summed E-state index contributed by atoms with van der Waals surface area (Å²) < 4.78 is 1.18. The van der Waals surface area contributed by atoms with Gasteiger partial charge in [0.1, 0.15) is 0 Å². The van der Waals surface area contributed by atoms with E-state index in [4.69, 9.17) is 0 Å². The molecule has 2 heteroatoms. The van der Waals surface area contributed by atoms with Crippen LogP contribution in [0.25, 0.3) is 0 Å². The van der Waals surface area contributed by atoms with E-state index in [1.165, 1.54) is 29.3 Å². The highest BCUT2D eigenvalue weighted by Crippen LogP contribution is 2.14. The average Bonchev–Trinajstić information content (AvgIpc) is 2.26. The van der Waals surface area contributed by atoms with Gasteiger partial charge in [0.15, 0.2) is 0 Å². The minimum atomic E-state index is 0.624. The summed E-state index contributed by atoms with van der Waals surface area (Å²) in [4.78, 5) is 0. The van der Waals surface area contributed by atoms with Crippen LogP contribution in [0, 0.1) is 0 Å². The molecule has 0 fully saturated rings. The Kier molecular flexibility index (Phi) is 6.74. The van der Waals surface area contributed by atoms with Crippen molar-refractivity contribution in [3.05, 3.63) is 34.3 Å². The van der Waals surface area contributed by atoms with Crippen molar-refractivity contribution < 1.29 is 0 Å². The van der Waals surface area contributed by atoms with Crippen LogP contribution in [-0.2, 0) is 6.42 Å². The van der Waals surface area contributed by atoms with E-state index < -0.39 is 0 Å². The van der Waals surface area contributed by atoms with Crippen LogP contribution < -0.4 is 5.32 Å². The van der Waals surface area contributed by atoms with Crippen molar-refractivity contribution in [2.75, 3.05) is 6.54 Å². The topological polar surface area (TPSA) is 12.0 Å². The Morgan fingerprint density at radius 2 is 2.06 bits per heavy atom. The Morgan fingerprint density at radius 1 is 1.25 bits per heavy atom. The van der Waals surface area contributed by atoms with Gasteiger partial charge in [-0.05, 0) is 43.5 Å². The summed E-state index contributed by atoms with van der Waals surface area (Å²) in [6, 6.07) is 9.25. The van der Waals surface area contributed by atoms with E-state index in [-0.39, 0.29) is 0 Å². The highest BCUT2D eigenvalue weighted by Gasteiger charge is 2.07. The van der Waals surface area contributed by atoms with E-state index in [2.05, 4.69) is 59.4 Å². The second-order valence-electron chi connectivity index (χ2n) is 4.27. The molecule has 0 amide bonds. The summed E-state index contributed by atoms with van der Waals surface area (Å²) in [6.07, 6.45) is 4.84. The van der Waals surface area contributed by atoms with Crippen LogP contribution in [0.15, 0.2) is 28.7 Å². The van der Waals surface area contributed by atoms with Crippen LogP contribution in [0.5, 0.6) is 0 Å². The maximum Gasteiger partial charge on any atom is 0.0178 e. The molecule has 0 radical (unpaired) electrons. The Morgan fingerprint density at radius 3 is 2.69 bits per heavy atom. The van der Waals surface area contributed by atoms with Crippen molar-refractivity contribution in [3.8, 4) is 0 Å². The number of benzene rings is 1. The summed E-state index contributed by atoms with van der Waals surface area (Å²) in [7, 11) is 0. The summed E-state index contributed by atoms with van der Waals surface area (Å²) in [5.41, 5.74) is 1.41. The van der Waals surface area contributed by atoms with Gasteiger partial charge in [0.2, 0.25) is 0 Å². The number of nitrogens with one attached hydrogen (secondary N) is 1. The fraction of sp³-hybridized carbons (Fsp3) is 0.571. The first-order valence-corrected chi connectivity index (χ1v) is 7.03. The summed E-state index contributed by atoms with van der Waals surface area (Å²) in [5, 5.41) is 3.62. The van der Waals surface area contributed by atoms with Crippen molar-refractivity contribution in [2.45, 2.75) is 45.6 Å². The predicted molar refractivity (Wildman–Crippen MR) is 74.8 cm³/mol. The molecule has 1 nitrogen and oxygen atoms in total. The molecular formula is C14H22BrN. The minimum Gasteiger partial charge on any atom is -0.314 e. The number of halogens is 1. The molecule has 0 spiro atoms. The molecule has 90 valence electrons. The smallest absolute Gasteiger partial charge is 0.0178 e. The fourth-order valence-electron chi connectivity index (χ4n) is 1.92. The molecule has 0 heterocycles. The van der Waals surface area contributed by atoms with Crippen LogP contribution in [0.4, 0.5) is 0 Å². The number of hydrogen-bond acceptors (Lipinski definition) is 1. The Bertz CT molecular complexity index is 299. The lowest BCUT2D eigenvalue weighted by Crippen LogP contribution is -2.31. The van der Waals surface area contributed by atoms with E-state index in [0.29, 0.717) is 6.04 Å². The molecule has 1 aromatic carbocycles. The maximum atomic E-state index is 3.62. The lowest BCUT2D eigenvalue weighted by atomic mass is 10.0. The van der Waals surface area contributed by atoms with E-state index in [1.54, 1.807) is 0 Å². The molecule has 1 unspecified atom stereocenters. The van der Waals surface area contributed by atoms with Crippen LogP contribution in [0.3, 0.4) is 0 Å². The van der Waals surface area contributed by atoms with Crippen molar-refractivity contribution in [1.82, 2.24) is 5.32 Å². The summed E-state index contributed by atoms with van der Waals surface area (Å²) >= 11 is 3.52. The van der Waals surface area contributed by atoms with Crippen LogP contribution in [-0.4, -0.2) is 12.6 Å². The zero-order valence-corrected chi connectivity index (χ0v) is 11.9. The standard InChI is InChI=1S/C14H22BrN/c1-3-6-14(16-9-4-2)11-12-7-5-8-13(15)10-12/h5,7-8,10,14,16H,3-4,6,9,11H2,1-2H3. The molecule has 1 N–H and O–H groups in total. The molecule has 1 rings (SSSR count). The van der Waals surface area contributed by atoms with Gasteiger partial charge in [-0.15, -0.1) is 0 Å². The van der Waals surface area contributed by atoms with Crippen molar-refractivity contribution >= 4 is 15.9 Å². The molecular weight excluding hydrogens is 262 g/mol. The van der Waals surface area contributed by atoms with Crippen LogP contribution in [0.1, 0.15) is 38.7 Å². The predicted octanol–water partition coefficient (Wildman–Crippen LogP) is 4.16. The van der Waals surface area contributed by atoms with Gasteiger partial charge < -0.3 is 5.32 Å². The molecule has 16 heavy (non-hydrogen) atoms. The summed E-state index contributed by atoms with van der Waals surface area (Å²) in [5.74, 6) is 0. The first-order valence-electron chi connectivity index (χ1n) is 6.24. The van der Waals surface area contributed by atoms with Crippen LogP contribution >= 0.6 is 15.9 Å². The lowest BCUT2D eigenvalue weighted by molar-refractivity contribution is 0.473. The third-order valence-electron chi connectivity index (χ3n) is 2.69. The first kappa shape index (κ1) is 13.7. The Balaban J connectivity index is 2.52. The molecule has 0 aromatic heterocycles. The summed E-state index contributed by atoms with van der Waals surface area (Å²) in [6.45, 7) is 5.59. The molecule has 0 aliphatic heterocycles. The number of rotatable bonds is 7. The molecule has 0 aliphatic rings. The second-order valence-corrected chi connectivity index (χ2v) is 5.19. The molecule has 0 aliphatic carbocycles. The van der Waals surface area contributed by atoms with Gasteiger partial charge >= 0.3 is 0 Å². The highest BCUT2D eigenvalue weighted by molar-refractivity contribution is 9.10. The lowest BCUT2D eigenvalue weighted by Gasteiger charge is -2.18. The van der Waals surface area contributed by atoms with E-state index in [1.807, 2.05) is 0 Å². The van der Waals surface area contributed by atoms with Gasteiger partial charge in [0, 0.05) is 10.5 Å². The van der Waals surface area contributed by atoms with Gasteiger partial charge in [-0.2, -0.15) is 0 Å². The Hall–Kier alpha value is -0.340. The van der Waals surface area contributed by atoms with Gasteiger partial charge in [0.05, 0.1) is 0 Å². The van der Waals surface area contributed by atoms with E-state index in [0.717, 1.165) is 13.0 Å². The maximum absolute atomic E-state index is 3.62. The molecule has 1 atom stereocenters. The van der Waals surface area contributed by atoms with Gasteiger partial charge in [0.25, 0.3) is 0 Å². The average molecular weight is 284 g/mol. The van der Waals surface area contributed by atoms with Gasteiger partial charge in [-0.25, -0.2) is 0 Å². The zero-order valence-electron chi connectivity index (χ0n) is 10.3. The van der Waals surface area contributed by atoms with Crippen molar-refractivity contribution in [2.24, 2.45) is 0 Å². The van der Waals surface area contributed by atoms with E-state index >= 15 is 0 Å². The van der Waals surface area contributed by atoms with Gasteiger partial charge in [-0.3, -0.25) is 0 Å². The minimum absolute atomic E-state index is 0.624. The molecule has 1 aromatic rings. The Labute approximate surface area is 108 Å². The molecule has 0 bridgehead atoms. The third kappa shape index (κ3) is 5.13. The first-order chi connectivity index (χ1) is 7.76. The zero-order chi connectivity index (χ0) is 11.8. The molecule has 0 saturated carbocycles. The molecule has 0 saturated heterocycles. The highest BCUT2D eigenvalue weighted by atomic mass is 79.9. The quantitative estimate of drug-likeness (QED) is 0.792. The SMILES string of the molecule is CCCNC(CCC)Cc1cccc(Br)c1. The van der Waals surface area contributed by atoms with Crippen LogP contribution in [0.2, 0.25) is 0 Å². The monoisotopic (exact) mass is 283 g/mol. The van der Waals surface area contributed by atoms with Crippen molar-refractivity contribution in [1.29, 1.82) is 0 Å². The largest absolute Gasteiger partial charge is 0.314 e. The number of hydrogen-bond donors (Lipinski definition) is 1. The second kappa shape index (κ2) is 7.86. The third-order valence-corrected chi connectivity index (χ3v) is 3.18. The normalized spacial score (nSPS) is 12.7. The van der Waals surface area contributed by atoms with Gasteiger partial charge in [-0.1, -0.05) is 48.3 Å². The fourth-order valence-corrected chi connectivity index (χ4v) is 2.37.